The molecule has 0 aliphatic heterocycles. The van der Waals surface area contributed by atoms with Crippen LogP contribution in [0.3, 0.4) is 0 Å². The van der Waals surface area contributed by atoms with Crippen molar-refractivity contribution >= 4 is 28.3 Å². The van der Waals surface area contributed by atoms with Gasteiger partial charge in [-0.1, -0.05) is 41.9 Å². The number of nitrogens with one attached hydrogen (secondary N) is 1. The van der Waals surface area contributed by atoms with E-state index in [1.807, 2.05) is 54.6 Å². The summed E-state index contributed by atoms with van der Waals surface area (Å²) < 4.78 is 1.25. The third-order valence-electron chi connectivity index (χ3n) is 5.01. The number of pyridine rings is 1. The third kappa shape index (κ3) is 5.16. The number of hydrogen-bond acceptors (Lipinski definition) is 4. The summed E-state index contributed by atoms with van der Waals surface area (Å²) in [4.78, 5) is 29.4. The van der Waals surface area contributed by atoms with E-state index in [0.717, 1.165) is 22.2 Å². The molecule has 0 saturated heterocycles. The molecule has 2 heterocycles. The van der Waals surface area contributed by atoms with Crippen LogP contribution in [0, 0.1) is 0 Å². The molecule has 1 amide bonds. The molecule has 0 saturated carbocycles. The minimum atomic E-state index is -0.276. The first kappa shape index (κ1) is 20.8. The summed E-state index contributed by atoms with van der Waals surface area (Å²) in [5.74, 6) is -0.256. The maximum atomic E-state index is 12.9. The Bertz CT molecular complexity index is 1250. The Morgan fingerprint density at radius 2 is 1.65 bits per heavy atom. The first-order valence-electron chi connectivity index (χ1n) is 9.99. The standard InChI is InChI=1S/C24H21ClN4O2/c25-19-7-5-17(6-8-19)11-14-27-23(30)16-29-24(31)21-4-2-1-3-20(21)22(28-29)15-18-9-12-26-13-10-18/h1-10,12-13H,11,14-16H2,(H,27,30). The van der Waals surface area contributed by atoms with Gasteiger partial charge in [-0.05, 0) is 47.9 Å². The Morgan fingerprint density at radius 3 is 2.39 bits per heavy atom. The lowest BCUT2D eigenvalue weighted by Gasteiger charge is -2.11. The smallest absolute Gasteiger partial charge is 0.275 e. The highest BCUT2D eigenvalue weighted by Crippen LogP contribution is 2.16. The monoisotopic (exact) mass is 432 g/mol. The number of fused-ring (bicyclic) bond motifs is 1. The zero-order chi connectivity index (χ0) is 21.6. The number of amides is 1. The van der Waals surface area contributed by atoms with Gasteiger partial charge < -0.3 is 5.32 Å². The first-order chi connectivity index (χ1) is 15.1. The number of nitrogens with zero attached hydrogens (tertiary/aromatic N) is 3. The number of carbonyl (C=O) groups is 1. The Morgan fingerprint density at radius 1 is 0.935 bits per heavy atom. The summed E-state index contributed by atoms with van der Waals surface area (Å²) in [5, 5.41) is 9.40. The van der Waals surface area contributed by atoms with Crippen LogP contribution in [-0.4, -0.2) is 27.2 Å². The molecule has 7 heteroatoms. The second-order valence-electron chi connectivity index (χ2n) is 7.21. The van der Waals surface area contributed by atoms with E-state index in [1.54, 1.807) is 18.5 Å². The maximum absolute atomic E-state index is 12.9. The van der Waals surface area contributed by atoms with Gasteiger partial charge in [0.05, 0.1) is 11.1 Å². The van der Waals surface area contributed by atoms with Crippen molar-refractivity contribution in [2.24, 2.45) is 0 Å². The highest BCUT2D eigenvalue weighted by atomic mass is 35.5. The van der Waals surface area contributed by atoms with Crippen LogP contribution in [0.4, 0.5) is 0 Å². The predicted octanol–water partition coefficient (Wildman–Crippen LogP) is 3.39. The van der Waals surface area contributed by atoms with Crippen molar-refractivity contribution in [2.75, 3.05) is 6.54 Å². The van der Waals surface area contributed by atoms with E-state index in [-0.39, 0.29) is 18.0 Å². The van der Waals surface area contributed by atoms with Gasteiger partial charge in [0, 0.05) is 35.8 Å². The predicted molar refractivity (Wildman–Crippen MR) is 121 cm³/mol. The van der Waals surface area contributed by atoms with Crippen LogP contribution >= 0.6 is 11.6 Å². The second kappa shape index (κ2) is 9.53. The van der Waals surface area contributed by atoms with Crippen molar-refractivity contribution in [3.63, 3.8) is 0 Å². The van der Waals surface area contributed by atoms with Crippen LogP contribution in [-0.2, 0) is 24.2 Å². The lowest BCUT2D eigenvalue weighted by molar-refractivity contribution is -0.121. The number of rotatable bonds is 7. The van der Waals surface area contributed by atoms with Crippen LogP contribution in [0.5, 0.6) is 0 Å². The number of benzene rings is 2. The lowest BCUT2D eigenvalue weighted by Crippen LogP contribution is -2.35. The lowest BCUT2D eigenvalue weighted by atomic mass is 10.1. The van der Waals surface area contributed by atoms with Gasteiger partial charge in [0.15, 0.2) is 0 Å². The molecule has 156 valence electrons. The van der Waals surface area contributed by atoms with Gasteiger partial charge in [-0.25, -0.2) is 4.68 Å². The quantitative estimate of drug-likeness (QED) is 0.485. The van der Waals surface area contributed by atoms with Crippen molar-refractivity contribution in [3.8, 4) is 0 Å². The van der Waals surface area contributed by atoms with Crippen LogP contribution in [0.25, 0.3) is 10.8 Å². The van der Waals surface area contributed by atoms with Crippen molar-refractivity contribution in [2.45, 2.75) is 19.4 Å². The summed E-state index contributed by atoms with van der Waals surface area (Å²) in [6.07, 6.45) is 4.67. The Balaban J connectivity index is 1.51. The Labute approximate surface area is 184 Å². The van der Waals surface area contributed by atoms with Crippen LogP contribution in [0.2, 0.25) is 5.02 Å². The van der Waals surface area contributed by atoms with Gasteiger partial charge in [-0.3, -0.25) is 14.6 Å². The van der Waals surface area contributed by atoms with Crippen molar-refractivity contribution < 1.29 is 4.79 Å². The van der Waals surface area contributed by atoms with Gasteiger partial charge in [-0.2, -0.15) is 5.10 Å². The molecule has 0 fully saturated rings. The number of carbonyl (C=O) groups excluding carboxylic acids is 1. The van der Waals surface area contributed by atoms with Crippen molar-refractivity contribution in [3.05, 3.63) is 105 Å². The fourth-order valence-electron chi connectivity index (χ4n) is 3.43. The number of aromatic nitrogens is 3. The van der Waals surface area contributed by atoms with E-state index in [9.17, 15) is 9.59 Å². The third-order valence-corrected chi connectivity index (χ3v) is 5.26. The second-order valence-corrected chi connectivity index (χ2v) is 7.65. The van der Waals surface area contributed by atoms with Crippen LogP contribution in [0.15, 0.2) is 77.9 Å². The van der Waals surface area contributed by atoms with Gasteiger partial charge in [0.25, 0.3) is 5.56 Å². The average Bonchev–Trinajstić information content (AvgIpc) is 2.79. The molecular formula is C24H21ClN4O2. The molecule has 0 unspecified atom stereocenters. The SMILES string of the molecule is O=C(Cn1nc(Cc2ccncc2)c2ccccc2c1=O)NCCc1ccc(Cl)cc1. The topological polar surface area (TPSA) is 76.9 Å². The van der Waals surface area contributed by atoms with Gasteiger partial charge >= 0.3 is 0 Å². The van der Waals surface area contributed by atoms with E-state index in [4.69, 9.17) is 11.6 Å². The van der Waals surface area contributed by atoms with Gasteiger partial charge in [0.2, 0.25) is 5.91 Å². The highest BCUT2D eigenvalue weighted by Gasteiger charge is 2.13. The fourth-order valence-corrected chi connectivity index (χ4v) is 3.55. The van der Waals surface area contributed by atoms with E-state index in [0.29, 0.717) is 29.8 Å². The molecular weight excluding hydrogens is 412 g/mol. The minimum absolute atomic E-state index is 0.131. The highest BCUT2D eigenvalue weighted by molar-refractivity contribution is 6.30. The summed E-state index contributed by atoms with van der Waals surface area (Å²) in [6.45, 7) is 0.334. The zero-order valence-corrected chi connectivity index (χ0v) is 17.5. The van der Waals surface area contributed by atoms with Crippen LogP contribution in [0.1, 0.15) is 16.8 Å². The average molecular weight is 433 g/mol. The summed E-state index contributed by atoms with van der Waals surface area (Å²) >= 11 is 5.89. The molecule has 4 aromatic rings. The summed E-state index contributed by atoms with van der Waals surface area (Å²) in [5.41, 5.74) is 2.58. The largest absolute Gasteiger partial charge is 0.354 e. The zero-order valence-electron chi connectivity index (χ0n) is 16.8. The van der Waals surface area contributed by atoms with Crippen molar-refractivity contribution in [1.82, 2.24) is 20.1 Å². The normalized spacial score (nSPS) is 10.9. The molecule has 31 heavy (non-hydrogen) atoms. The maximum Gasteiger partial charge on any atom is 0.275 e. The molecule has 6 nitrogen and oxygen atoms in total. The molecule has 0 aliphatic rings. The van der Waals surface area contributed by atoms with Gasteiger partial charge in [-0.15, -0.1) is 0 Å². The Kier molecular flexibility index (Phi) is 6.38. The van der Waals surface area contributed by atoms with Crippen molar-refractivity contribution in [1.29, 1.82) is 0 Å². The molecule has 4 rings (SSSR count). The number of halogens is 1. The Hall–Kier alpha value is -3.51. The summed E-state index contributed by atoms with van der Waals surface area (Å²) in [6, 6.07) is 18.7. The molecule has 0 aliphatic carbocycles. The van der Waals surface area contributed by atoms with Gasteiger partial charge in [0.1, 0.15) is 6.54 Å². The van der Waals surface area contributed by atoms with E-state index in [1.165, 1.54) is 4.68 Å². The molecule has 2 aromatic heterocycles. The van der Waals surface area contributed by atoms with E-state index < -0.39 is 0 Å². The van der Waals surface area contributed by atoms with E-state index in [2.05, 4.69) is 15.4 Å². The fraction of sp³-hybridized carbons (Fsp3) is 0.167. The molecule has 1 N–H and O–H groups in total. The van der Waals surface area contributed by atoms with Crippen LogP contribution < -0.4 is 10.9 Å². The molecule has 0 bridgehead atoms. The summed E-state index contributed by atoms with van der Waals surface area (Å²) in [7, 11) is 0. The number of hydrogen-bond donors (Lipinski definition) is 1. The molecule has 0 radical (unpaired) electrons. The minimum Gasteiger partial charge on any atom is -0.354 e. The first-order valence-corrected chi connectivity index (χ1v) is 10.4. The molecule has 2 aromatic carbocycles. The molecule has 0 atom stereocenters. The molecule has 0 spiro atoms. The van der Waals surface area contributed by atoms with E-state index >= 15 is 0 Å².